The number of hydrogen-bond acceptors (Lipinski definition) is 3. The summed E-state index contributed by atoms with van der Waals surface area (Å²) in [5.74, 6) is 0.467. The molecule has 3 rings (SSSR count). The molecule has 2 aromatic carbocycles. The third kappa shape index (κ3) is 3.92. The summed E-state index contributed by atoms with van der Waals surface area (Å²) in [5.41, 5.74) is 4.13. The van der Waals surface area contributed by atoms with Crippen molar-refractivity contribution in [3.63, 3.8) is 0 Å². The van der Waals surface area contributed by atoms with Crippen LogP contribution in [0.5, 0.6) is 5.75 Å². The molecule has 0 atom stereocenters. The van der Waals surface area contributed by atoms with Gasteiger partial charge in [0.05, 0.1) is 12.9 Å². The van der Waals surface area contributed by atoms with Crippen LogP contribution in [0.15, 0.2) is 53.2 Å². The van der Waals surface area contributed by atoms with Crippen molar-refractivity contribution >= 4 is 39.7 Å². The van der Waals surface area contributed by atoms with Crippen LogP contribution >= 0.6 is 11.6 Å². The highest BCUT2D eigenvalue weighted by Crippen LogP contribution is 2.33. The van der Waals surface area contributed by atoms with Crippen molar-refractivity contribution in [3.8, 4) is 5.75 Å². The van der Waals surface area contributed by atoms with Crippen molar-refractivity contribution in [1.29, 1.82) is 0 Å². The van der Waals surface area contributed by atoms with Crippen LogP contribution in [0.4, 0.5) is 5.69 Å². The van der Waals surface area contributed by atoms with E-state index in [1.165, 1.54) is 0 Å². The summed E-state index contributed by atoms with van der Waals surface area (Å²) in [7, 11) is 0. The van der Waals surface area contributed by atoms with Crippen LogP contribution in [0, 0.1) is 6.92 Å². The number of anilines is 1. The number of aryl methyl sites for hydroxylation is 1. The van der Waals surface area contributed by atoms with Gasteiger partial charge in [0.2, 0.25) is 5.91 Å². The molecule has 1 amide bonds. The Bertz CT molecular complexity index is 988. The second kappa shape index (κ2) is 7.67. The van der Waals surface area contributed by atoms with Gasteiger partial charge in [-0.3, -0.25) is 4.79 Å². The SMILES string of the molecule is CCOc1cc2occ(C)c2cc1/C(C)=C/C(=O)Nc1cccc(Cl)c1. The predicted octanol–water partition coefficient (Wildman–Crippen LogP) is 5.84. The Balaban J connectivity index is 1.93. The van der Waals surface area contributed by atoms with E-state index >= 15 is 0 Å². The fraction of sp³-hybridized carbons (Fsp3) is 0.190. The number of carbonyl (C=O) groups excluding carboxylic acids is 1. The summed E-state index contributed by atoms with van der Waals surface area (Å²) in [6.45, 7) is 6.32. The Kier molecular flexibility index (Phi) is 5.33. The summed E-state index contributed by atoms with van der Waals surface area (Å²) in [6.07, 6.45) is 3.27. The largest absolute Gasteiger partial charge is 0.493 e. The zero-order valence-corrected chi connectivity index (χ0v) is 15.7. The van der Waals surface area contributed by atoms with Gasteiger partial charge in [-0.2, -0.15) is 0 Å². The molecule has 0 unspecified atom stereocenters. The van der Waals surface area contributed by atoms with Gasteiger partial charge in [-0.25, -0.2) is 0 Å². The third-order valence-corrected chi connectivity index (χ3v) is 4.27. The van der Waals surface area contributed by atoms with E-state index in [4.69, 9.17) is 20.8 Å². The summed E-state index contributed by atoms with van der Waals surface area (Å²) in [4.78, 5) is 12.4. The fourth-order valence-electron chi connectivity index (χ4n) is 2.78. The Hall–Kier alpha value is -2.72. The number of carbonyl (C=O) groups is 1. The molecule has 4 nitrogen and oxygen atoms in total. The molecule has 5 heteroatoms. The highest BCUT2D eigenvalue weighted by atomic mass is 35.5. The van der Waals surface area contributed by atoms with Gasteiger partial charge < -0.3 is 14.5 Å². The molecule has 1 heterocycles. The zero-order valence-electron chi connectivity index (χ0n) is 14.9. The number of rotatable bonds is 5. The van der Waals surface area contributed by atoms with Crippen molar-refractivity contribution in [2.45, 2.75) is 20.8 Å². The Morgan fingerprint density at radius 2 is 2.12 bits per heavy atom. The molecular weight excluding hydrogens is 350 g/mol. The number of nitrogens with one attached hydrogen (secondary N) is 1. The highest BCUT2D eigenvalue weighted by molar-refractivity contribution is 6.30. The lowest BCUT2D eigenvalue weighted by atomic mass is 10.0. The molecule has 1 N–H and O–H groups in total. The lowest BCUT2D eigenvalue weighted by molar-refractivity contribution is -0.111. The summed E-state index contributed by atoms with van der Waals surface area (Å²) in [6, 6.07) is 10.9. The molecule has 1 aromatic heterocycles. The van der Waals surface area contributed by atoms with Gasteiger partial charge in [-0.1, -0.05) is 17.7 Å². The quantitative estimate of drug-likeness (QED) is 0.575. The maximum atomic E-state index is 12.4. The zero-order chi connectivity index (χ0) is 18.7. The molecule has 0 saturated carbocycles. The minimum Gasteiger partial charge on any atom is -0.493 e. The van der Waals surface area contributed by atoms with Crippen molar-refractivity contribution in [1.82, 2.24) is 0 Å². The van der Waals surface area contributed by atoms with E-state index in [1.54, 1.807) is 36.6 Å². The number of amides is 1. The number of hydrogen-bond donors (Lipinski definition) is 1. The van der Waals surface area contributed by atoms with Crippen LogP contribution in [0.25, 0.3) is 16.5 Å². The van der Waals surface area contributed by atoms with Gasteiger partial charge in [0.15, 0.2) is 0 Å². The average molecular weight is 370 g/mol. The molecule has 0 bridgehead atoms. The maximum absolute atomic E-state index is 12.4. The first kappa shape index (κ1) is 18.1. The number of halogens is 1. The van der Waals surface area contributed by atoms with E-state index in [1.807, 2.05) is 32.9 Å². The Morgan fingerprint density at radius 1 is 1.31 bits per heavy atom. The highest BCUT2D eigenvalue weighted by Gasteiger charge is 2.13. The van der Waals surface area contributed by atoms with E-state index < -0.39 is 0 Å². The number of benzene rings is 2. The van der Waals surface area contributed by atoms with E-state index in [0.717, 1.165) is 27.7 Å². The van der Waals surface area contributed by atoms with Crippen molar-refractivity contribution in [3.05, 3.63) is 64.9 Å². The third-order valence-electron chi connectivity index (χ3n) is 4.03. The first-order valence-electron chi connectivity index (χ1n) is 8.37. The van der Waals surface area contributed by atoms with Crippen molar-refractivity contribution < 1.29 is 13.9 Å². The summed E-state index contributed by atoms with van der Waals surface area (Å²) < 4.78 is 11.3. The van der Waals surface area contributed by atoms with E-state index in [2.05, 4.69) is 5.32 Å². The van der Waals surface area contributed by atoms with Crippen LogP contribution in [-0.4, -0.2) is 12.5 Å². The topological polar surface area (TPSA) is 51.5 Å². The molecule has 0 aliphatic heterocycles. The van der Waals surface area contributed by atoms with Gasteiger partial charge in [0.25, 0.3) is 0 Å². The monoisotopic (exact) mass is 369 g/mol. The van der Waals surface area contributed by atoms with E-state index in [0.29, 0.717) is 23.1 Å². The fourth-order valence-corrected chi connectivity index (χ4v) is 2.97. The number of ether oxygens (including phenoxy) is 1. The summed E-state index contributed by atoms with van der Waals surface area (Å²) >= 11 is 5.95. The van der Waals surface area contributed by atoms with E-state index in [9.17, 15) is 4.79 Å². The molecule has 134 valence electrons. The molecule has 0 radical (unpaired) electrons. The van der Waals surface area contributed by atoms with Gasteiger partial charge in [0.1, 0.15) is 11.3 Å². The van der Waals surface area contributed by atoms with Crippen molar-refractivity contribution in [2.75, 3.05) is 11.9 Å². The Labute approximate surface area is 157 Å². The molecule has 0 aliphatic carbocycles. The molecule has 0 fully saturated rings. The van der Waals surface area contributed by atoms with Crippen LogP contribution in [0.1, 0.15) is 25.0 Å². The number of furan rings is 1. The van der Waals surface area contributed by atoms with Gasteiger partial charge in [0, 0.05) is 33.8 Å². The molecule has 0 saturated heterocycles. The van der Waals surface area contributed by atoms with Gasteiger partial charge in [-0.15, -0.1) is 0 Å². The number of fused-ring (bicyclic) bond motifs is 1. The van der Waals surface area contributed by atoms with E-state index in [-0.39, 0.29) is 5.91 Å². The standard InChI is InChI=1S/C21H20ClNO3/c1-4-25-19-11-20-18(14(3)12-26-20)10-17(19)13(2)8-21(24)23-16-7-5-6-15(22)9-16/h5-12H,4H2,1-3H3,(H,23,24)/b13-8+. The normalized spacial score (nSPS) is 11.6. The second-order valence-corrected chi connectivity index (χ2v) is 6.46. The predicted molar refractivity (Wildman–Crippen MR) is 106 cm³/mol. The molecule has 26 heavy (non-hydrogen) atoms. The molecule has 0 spiro atoms. The van der Waals surface area contributed by atoms with Crippen LogP contribution in [0.2, 0.25) is 5.02 Å². The minimum absolute atomic E-state index is 0.226. The first-order chi connectivity index (χ1) is 12.5. The molecule has 3 aromatic rings. The van der Waals surface area contributed by atoms with Gasteiger partial charge in [-0.05, 0) is 56.2 Å². The lowest BCUT2D eigenvalue weighted by Crippen LogP contribution is -2.08. The average Bonchev–Trinajstić information content (AvgIpc) is 2.94. The second-order valence-electron chi connectivity index (χ2n) is 6.02. The number of allylic oxidation sites excluding steroid dienone is 1. The van der Waals surface area contributed by atoms with Crippen LogP contribution in [-0.2, 0) is 4.79 Å². The molecular formula is C21H20ClNO3. The van der Waals surface area contributed by atoms with Gasteiger partial charge >= 0.3 is 0 Å². The van der Waals surface area contributed by atoms with Crippen LogP contribution < -0.4 is 10.1 Å². The van der Waals surface area contributed by atoms with Crippen molar-refractivity contribution in [2.24, 2.45) is 0 Å². The minimum atomic E-state index is -0.226. The van der Waals surface area contributed by atoms with Crippen LogP contribution in [0.3, 0.4) is 0 Å². The summed E-state index contributed by atoms with van der Waals surface area (Å²) in [5, 5.41) is 4.40. The first-order valence-corrected chi connectivity index (χ1v) is 8.75. The lowest BCUT2D eigenvalue weighted by Gasteiger charge is -2.11. The maximum Gasteiger partial charge on any atom is 0.248 e. The Morgan fingerprint density at radius 3 is 2.85 bits per heavy atom. The smallest absolute Gasteiger partial charge is 0.248 e. The molecule has 0 aliphatic rings.